The standard InChI is InChI=1S/C14H15FN2O/c15-11-4-9(7-16)3-10(5-11)8-17-13-6-12-1-2-14(13)18-12/h3-5,12-14,17H,1-2,6,8H2. The van der Waals surface area contributed by atoms with Crippen LogP contribution in [0, 0.1) is 17.1 Å². The minimum absolute atomic E-state index is 0.319. The molecule has 1 aromatic carbocycles. The van der Waals surface area contributed by atoms with Gasteiger partial charge >= 0.3 is 0 Å². The minimum Gasteiger partial charge on any atom is -0.373 e. The lowest BCUT2D eigenvalue weighted by atomic mass is 9.95. The van der Waals surface area contributed by atoms with Crippen LogP contribution in [0.3, 0.4) is 0 Å². The third kappa shape index (κ3) is 2.24. The molecule has 1 aromatic rings. The van der Waals surface area contributed by atoms with E-state index in [1.807, 2.05) is 6.07 Å². The molecule has 2 aliphatic rings. The lowest BCUT2D eigenvalue weighted by Gasteiger charge is -2.20. The van der Waals surface area contributed by atoms with Gasteiger partial charge in [-0.15, -0.1) is 0 Å². The third-order valence-corrected chi connectivity index (χ3v) is 3.76. The van der Waals surface area contributed by atoms with E-state index in [9.17, 15) is 4.39 Å². The van der Waals surface area contributed by atoms with Crippen molar-refractivity contribution in [2.45, 2.75) is 44.1 Å². The Morgan fingerprint density at radius 3 is 2.94 bits per heavy atom. The lowest BCUT2D eigenvalue weighted by Crippen LogP contribution is -2.37. The topological polar surface area (TPSA) is 45.0 Å². The Hall–Kier alpha value is -1.44. The molecule has 18 heavy (non-hydrogen) atoms. The van der Waals surface area contributed by atoms with Crippen LogP contribution >= 0.6 is 0 Å². The number of rotatable bonds is 3. The van der Waals surface area contributed by atoms with Gasteiger partial charge in [0.15, 0.2) is 0 Å². The van der Waals surface area contributed by atoms with Crippen LogP contribution in [-0.4, -0.2) is 18.2 Å². The second-order valence-electron chi connectivity index (χ2n) is 5.06. The largest absolute Gasteiger partial charge is 0.373 e. The van der Waals surface area contributed by atoms with Crippen LogP contribution in [0.5, 0.6) is 0 Å². The summed E-state index contributed by atoms with van der Waals surface area (Å²) in [4.78, 5) is 0. The van der Waals surface area contributed by atoms with E-state index in [0.717, 1.165) is 18.4 Å². The molecule has 1 N–H and O–H groups in total. The number of fused-ring (bicyclic) bond motifs is 2. The second-order valence-corrected chi connectivity index (χ2v) is 5.06. The zero-order valence-corrected chi connectivity index (χ0v) is 10.0. The fourth-order valence-corrected chi connectivity index (χ4v) is 2.92. The SMILES string of the molecule is N#Cc1cc(F)cc(CNC2CC3CCC2O3)c1. The lowest BCUT2D eigenvalue weighted by molar-refractivity contribution is 0.0973. The molecule has 2 bridgehead atoms. The maximum absolute atomic E-state index is 13.3. The molecule has 0 aromatic heterocycles. The summed E-state index contributed by atoms with van der Waals surface area (Å²) in [6, 6.07) is 6.80. The van der Waals surface area contributed by atoms with Crippen LogP contribution in [0.25, 0.3) is 0 Å². The van der Waals surface area contributed by atoms with Gasteiger partial charge in [0.1, 0.15) is 5.82 Å². The summed E-state index contributed by atoms with van der Waals surface area (Å²) in [6.45, 7) is 0.587. The van der Waals surface area contributed by atoms with Crippen LogP contribution in [0.1, 0.15) is 30.4 Å². The van der Waals surface area contributed by atoms with Gasteiger partial charge in [-0.2, -0.15) is 5.26 Å². The fourth-order valence-electron chi connectivity index (χ4n) is 2.92. The number of nitrogens with zero attached hydrogens (tertiary/aromatic N) is 1. The first-order valence-electron chi connectivity index (χ1n) is 6.33. The Kier molecular flexibility index (Phi) is 3.02. The first kappa shape index (κ1) is 11.6. The predicted molar refractivity (Wildman–Crippen MR) is 64.3 cm³/mol. The van der Waals surface area contributed by atoms with E-state index in [1.165, 1.54) is 18.6 Å². The molecule has 0 amide bonds. The molecular formula is C14H15FN2O. The van der Waals surface area contributed by atoms with E-state index in [4.69, 9.17) is 10.00 Å². The van der Waals surface area contributed by atoms with Gasteiger partial charge in [0.05, 0.1) is 23.8 Å². The molecule has 2 heterocycles. The molecule has 3 nitrogen and oxygen atoms in total. The van der Waals surface area contributed by atoms with Crippen molar-refractivity contribution in [3.05, 3.63) is 35.1 Å². The van der Waals surface area contributed by atoms with Crippen molar-refractivity contribution in [2.75, 3.05) is 0 Å². The Morgan fingerprint density at radius 2 is 2.28 bits per heavy atom. The molecule has 0 saturated carbocycles. The monoisotopic (exact) mass is 246 g/mol. The van der Waals surface area contributed by atoms with Crippen LogP contribution in [0.15, 0.2) is 18.2 Å². The van der Waals surface area contributed by atoms with Crippen molar-refractivity contribution >= 4 is 0 Å². The molecule has 0 aliphatic carbocycles. The van der Waals surface area contributed by atoms with Crippen molar-refractivity contribution in [2.24, 2.45) is 0 Å². The average Bonchev–Trinajstić information content (AvgIpc) is 2.97. The number of ether oxygens (including phenoxy) is 1. The molecule has 3 unspecified atom stereocenters. The van der Waals surface area contributed by atoms with E-state index in [0.29, 0.717) is 30.4 Å². The number of nitrogens with one attached hydrogen (secondary N) is 1. The summed E-state index contributed by atoms with van der Waals surface area (Å²) in [7, 11) is 0. The quantitative estimate of drug-likeness (QED) is 0.888. The maximum Gasteiger partial charge on any atom is 0.124 e. The highest BCUT2D eigenvalue weighted by molar-refractivity contribution is 5.33. The van der Waals surface area contributed by atoms with Crippen molar-refractivity contribution < 1.29 is 9.13 Å². The van der Waals surface area contributed by atoms with E-state index in [2.05, 4.69) is 5.32 Å². The van der Waals surface area contributed by atoms with Gasteiger partial charge in [0.2, 0.25) is 0 Å². The van der Waals surface area contributed by atoms with Crippen molar-refractivity contribution in [3.63, 3.8) is 0 Å². The van der Waals surface area contributed by atoms with Gasteiger partial charge in [0, 0.05) is 12.6 Å². The molecule has 3 rings (SSSR count). The van der Waals surface area contributed by atoms with E-state index < -0.39 is 0 Å². The number of benzene rings is 1. The predicted octanol–water partition coefficient (Wildman–Crippen LogP) is 2.11. The minimum atomic E-state index is -0.352. The molecule has 4 heteroatoms. The number of hydrogen-bond acceptors (Lipinski definition) is 3. The Bertz CT molecular complexity index is 497. The average molecular weight is 246 g/mol. The normalized spacial score (nSPS) is 29.4. The molecule has 2 saturated heterocycles. The Labute approximate surface area is 106 Å². The van der Waals surface area contributed by atoms with Crippen LogP contribution < -0.4 is 5.32 Å². The Morgan fingerprint density at radius 1 is 1.39 bits per heavy atom. The van der Waals surface area contributed by atoms with E-state index in [1.54, 1.807) is 6.07 Å². The zero-order valence-electron chi connectivity index (χ0n) is 10.0. The van der Waals surface area contributed by atoms with E-state index >= 15 is 0 Å². The van der Waals surface area contributed by atoms with Crippen molar-refractivity contribution in [1.29, 1.82) is 5.26 Å². The summed E-state index contributed by atoms with van der Waals surface area (Å²) in [6.07, 6.45) is 4.06. The first-order valence-corrected chi connectivity index (χ1v) is 6.33. The van der Waals surface area contributed by atoms with E-state index in [-0.39, 0.29) is 5.82 Å². The highest BCUT2D eigenvalue weighted by atomic mass is 19.1. The summed E-state index contributed by atoms with van der Waals surface area (Å²) in [5, 5.41) is 12.2. The van der Waals surface area contributed by atoms with Crippen molar-refractivity contribution in [3.8, 4) is 6.07 Å². The molecular weight excluding hydrogens is 231 g/mol. The van der Waals surface area contributed by atoms with Crippen molar-refractivity contribution in [1.82, 2.24) is 5.32 Å². The molecule has 94 valence electrons. The van der Waals surface area contributed by atoms with Crippen LogP contribution in [0.2, 0.25) is 0 Å². The second kappa shape index (κ2) is 4.68. The fraction of sp³-hybridized carbons (Fsp3) is 0.500. The Balaban J connectivity index is 1.63. The number of halogens is 1. The van der Waals surface area contributed by atoms with Crippen LogP contribution in [-0.2, 0) is 11.3 Å². The molecule has 0 spiro atoms. The third-order valence-electron chi connectivity index (χ3n) is 3.76. The van der Waals surface area contributed by atoms with Crippen LogP contribution in [0.4, 0.5) is 4.39 Å². The summed E-state index contributed by atoms with van der Waals surface area (Å²) in [5.41, 5.74) is 1.19. The first-order chi connectivity index (χ1) is 8.74. The maximum atomic E-state index is 13.3. The molecule has 3 atom stereocenters. The highest BCUT2D eigenvalue weighted by Gasteiger charge is 2.40. The zero-order chi connectivity index (χ0) is 12.5. The molecule has 0 radical (unpaired) electrons. The smallest absolute Gasteiger partial charge is 0.124 e. The summed E-state index contributed by atoms with van der Waals surface area (Å²) >= 11 is 0. The van der Waals surface area contributed by atoms with Gasteiger partial charge in [-0.25, -0.2) is 4.39 Å². The summed E-state index contributed by atoms with van der Waals surface area (Å²) < 4.78 is 19.0. The van der Waals surface area contributed by atoms with Gasteiger partial charge in [-0.05, 0) is 43.0 Å². The molecule has 2 aliphatic heterocycles. The number of nitriles is 1. The van der Waals surface area contributed by atoms with Gasteiger partial charge in [0.25, 0.3) is 0 Å². The highest BCUT2D eigenvalue weighted by Crippen LogP contribution is 2.34. The number of hydrogen-bond donors (Lipinski definition) is 1. The summed E-state index contributed by atoms with van der Waals surface area (Å²) in [5.74, 6) is -0.352. The van der Waals surface area contributed by atoms with Gasteiger partial charge < -0.3 is 10.1 Å². The van der Waals surface area contributed by atoms with Gasteiger partial charge in [-0.1, -0.05) is 0 Å². The molecule has 2 fully saturated rings. The van der Waals surface area contributed by atoms with Gasteiger partial charge in [-0.3, -0.25) is 0 Å².